The van der Waals surface area contributed by atoms with Gasteiger partial charge in [0.2, 0.25) is 0 Å². The molecular weight excluding hydrogens is 206 g/mol. The van der Waals surface area contributed by atoms with Gasteiger partial charge in [-0.25, -0.2) is 0 Å². The first kappa shape index (κ1) is 12.6. The van der Waals surface area contributed by atoms with Gasteiger partial charge < -0.3 is 0 Å². The van der Waals surface area contributed by atoms with Gasteiger partial charge in [-0.3, -0.25) is 4.98 Å². The second-order valence-corrected chi connectivity index (χ2v) is 6.05. The molecule has 1 atom stereocenters. The van der Waals surface area contributed by atoms with E-state index in [1.54, 1.807) is 5.56 Å². The first-order chi connectivity index (χ1) is 8.11. The lowest BCUT2D eigenvalue weighted by Gasteiger charge is -2.25. The normalized spacial score (nSPS) is 20.5. The highest BCUT2D eigenvalue weighted by Crippen LogP contribution is 2.39. The van der Waals surface area contributed by atoms with Crippen LogP contribution < -0.4 is 0 Å². The van der Waals surface area contributed by atoms with E-state index in [2.05, 4.69) is 45.1 Å². The predicted molar refractivity (Wildman–Crippen MR) is 73.5 cm³/mol. The zero-order valence-corrected chi connectivity index (χ0v) is 11.7. The van der Waals surface area contributed by atoms with Crippen LogP contribution in [0.3, 0.4) is 0 Å². The van der Waals surface area contributed by atoms with Gasteiger partial charge in [0.1, 0.15) is 0 Å². The van der Waals surface area contributed by atoms with Crippen LogP contribution in [0, 0.1) is 5.92 Å². The van der Waals surface area contributed by atoms with Crippen molar-refractivity contribution in [2.45, 2.75) is 65.2 Å². The average molecular weight is 231 g/mol. The minimum atomic E-state index is 0.594. The molecule has 1 heteroatoms. The molecule has 1 nitrogen and oxygen atoms in total. The van der Waals surface area contributed by atoms with Crippen LogP contribution in [0.2, 0.25) is 0 Å². The van der Waals surface area contributed by atoms with E-state index in [0.717, 1.165) is 11.8 Å². The summed E-state index contributed by atoms with van der Waals surface area (Å²) in [4.78, 5) is 4.45. The van der Waals surface area contributed by atoms with Crippen molar-refractivity contribution in [3.8, 4) is 0 Å². The summed E-state index contributed by atoms with van der Waals surface area (Å²) < 4.78 is 0. The van der Waals surface area contributed by atoms with E-state index in [4.69, 9.17) is 0 Å². The minimum Gasteiger partial charge on any atom is -0.264 e. The number of aromatic nitrogens is 1. The Morgan fingerprint density at radius 3 is 2.53 bits per heavy atom. The monoisotopic (exact) mass is 231 g/mol. The Balaban J connectivity index is 2.52. The minimum absolute atomic E-state index is 0.594. The van der Waals surface area contributed by atoms with Gasteiger partial charge in [-0.2, -0.15) is 0 Å². The van der Waals surface area contributed by atoms with Gasteiger partial charge in [0.25, 0.3) is 0 Å². The molecule has 0 bridgehead atoms. The summed E-state index contributed by atoms with van der Waals surface area (Å²) in [7, 11) is 0. The van der Waals surface area contributed by atoms with Crippen molar-refractivity contribution in [2.24, 2.45) is 5.92 Å². The van der Waals surface area contributed by atoms with Crippen molar-refractivity contribution < 1.29 is 0 Å². The maximum absolute atomic E-state index is 4.45. The lowest BCUT2D eigenvalue weighted by molar-refractivity contribution is 0.456. The molecule has 0 amide bonds. The predicted octanol–water partition coefficient (Wildman–Crippen LogP) is 4.67. The molecule has 0 saturated carbocycles. The molecule has 1 unspecified atom stereocenters. The van der Waals surface area contributed by atoms with E-state index < -0.39 is 0 Å². The van der Waals surface area contributed by atoms with Crippen LogP contribution in [-0.4, -0.2) is 4.98 Å². The number of nitrogens with zero attached hydrogens (tertiary/aromatic N) is 1. The molecule has 0 radical (unpaired) electrons. The summed E-state index contributed by atoms with van der Waals surface area (Å²) in [6, 6.07) is 0. The van der Waals surface area contributed by atoms with Gasteiger partial charge in [-0.1, -0.05) is 34.1 Å². The number of hydrogen-bond acceptors (Lipinski definition) is 1. The second-order valence-electron chi connectivity index (χ2n) is 6.05. The van der Waals surface area contributed by atoms with Crippen LogP contribution in [0.4, 0.5) is 0 Å². The van der Waals surface area contributed by atoms with Crippen LogP contribution in [0.15, 0.2) is 12.4 Å². The molecule has 0 aromatic carbocycles. The van der Waals surface area contributed by atoms with Crippen LogP contribution in [0.25, 0.3) is 0 Å². The molecule has 2 rings (SSSR count). The maximum atomic E-state index is 4.45. The zero-order chi connectivity index (χ0) is 12.4. The molecule has 0 fully saturated rings. The van der Waals surface area contributed by atoms with Crippen LogP contribution in [-0.2, 0) is 6.42 Å². The molecule has 1 heterocycles. The van der Waals surface area contributed by atoms with Gasteiger partial charge in [0, 0.05) is 12.4 Å². The maximum Gasteiger partial charge on any atom is 0.0305 e. The van der Waals surface area contributed by atoms with Crippen molar-refractivity contribution in [1.29, 1.82) is 0 Å². The van der Waals surface area contributed by atoms with E-state index in [9.17, 15) is 0 Å². The molecular formula is C16H25N. The Morgan fingerprint density at radius 1 is 1.12 bits per heavy atom. The van der Waals surface area contributed by atoms with E-state index in [1.807, 2.05) is 0 Å². The van der Waals surface area contributed by atoms with Crippen molar-refractivity contribution in [1.82, 2.24) is 4.98 Å². The quantitative estimate of drug-likeness (QED) is 0.674. The van der Waals surface area contributed by atoms with Gasteiger partial charge in [0.15, 0.2) is 0 Å². The summed E-state index contributed by atoms with van der Waals surface area (Å²) in [6.45, 7) is 9.31. The smallest absolute Gasteiger partial charge is 0.0305 e. The standard InChI is InChI=1S/C16H25N/c1-11(2)14-8-6-5-7-13-9-17-10-15(12(3)4)16(13)14/h9-12,14H,5-8H2,1-4H3. The fourth-order valence-electron chi connectivity index (χ4n) is 3.13. The highest BCUT2D eigenvalue weighted by molar-refractivity contribution is 5.38. The molecule has 17 heavy (non-hydrogen) atoms. The van der Waals surface area contributed by atoms with Crippen LogP contribution in [0.5, 0.6) is 0 Å². The third-order valence-corrected chi connectivity index (χ3v) is 4.11. The number of aryl methyl sites for hydroxylation is 1. The molecule has 1 aliphatic carbocycles. The highest BCUT2D eigenvalue weighted by Gasteiger charge is 2.25. The lowest BCUT2D eigenvalue weighted by atomic mass is 9.80. The van der Waals surface area contributed by atoms with Crippen molar-refractivity contribution >= 4 is 0 Å². The van der Waals surface area contributed by atoms with E-state index in [-0.39, 0.29) is 0 Å². The Kier molecular flexibility index (Phi) is 3.86. The SMILES string of the molecule is CC(C)c1cncc2c1C(C(C)C)CCCC2. The molecule has 94 valence electrons. The molecule has 0 saturated heterocycles. The Hall–Kier alpha value is -0.850. The van der Waals surface area contributed by atoms with Crippen LogP contribution >= 0.6 is 0 Å². The average Bonchev–Trinajstić information content (AvgIpc) is 2.50. The number of pyridine rings is 1. The number of rotatable bonds is 2. The van der Waals surface area contributed by atoms with Gasteiger partial charge in [0.05, 0.1) is 0 Å². The fraction of sp³-hybridized carbons (Fsp3) is 0.688. The summed E-state index contributed by atoms with van der Waals surface area (Å²) in [5.74, 6) is 2.08. The van der Waals surface area contributed by atoms with Gasteiger partial charge >= 0.3 is 0 Å². The Labute approximate surface area is 106 Å². The summed E-state index contributed by atoms with van der Waals surface area (Å²) >= 11 is 0. The third kappa shape index (κ3) is 2.53. The first-order valence-corrected chi connectivity index (χ1v) is 7.08. The molecule has 1 aliphatic rings. The molecule has 1 aromatic heterocycles. The zero-order valence-electron chi connectivity index (χ0n) is 11.7. The summed E-state index contributed by atoms with van der Waals surface area (Å²) in [5, 5.41) is 0. The number of fused-ring (bicyclic) bond motifs is 1. The highest BCUT2D eigenvalue weighted by atomic mass is 14.6. The molecule has 0 spiro atoms. The fourth-order valence-corrected chi connectivity index (χ4v) is 3.13. The van der Waals surface area contributed by atoms with Crippen molar-refractivity contribution in [3.63, 3.8) is 0 Å². The van der Waals surface area contributed by atoms with E-state index in [1.165, 1.54) is 36.8 Å². The molecule has 0 N–H and O–H groups in total. The van der Waals surface area contributed by atoms with E-state index in [0.29, 0.717) is 5.92 Å². The van der Waals surface area contributed by atoms with Gasteiger partial charge in [-0.15, -0.1) is 0 Å². The third-order valence-electron chi connectivity index (χ3n) is 4.11. The van der Waals surface area contributed by atoms with Crippen molar-refractivity contribution in [2.75, 3.05) is 0 Å². The van der Waals surface area contributed by atoms with Gasteiger partial charge in [-0.05, 0) is 53.7 Å². The Morgan fingerprint density at radius 2 is 1.88 bits per heavy atom. The largest absolute Gasteiger partial charge is 0.264 e. The lowest BCUT2D eigenvalue weighted by Crippen LogP contribution is -2.12. The molecule has 0 aliphatic heterocycles. The van der Waals surface area contributed by atoms with E-state index >= 15 is 0 Å². The first-order valence-electron chi connectivity index (χ1n) is 7.08. The topological polar surface area (TPSA) is 12.9 Å². The summed E-state index contributed by atoms with van der Waals surface area (Å²) in [6.07, 6.45) is 9.50. The second kappa shape index (κ2) is 5.20. The molecule has 1 aromatic rings. The number of hydrogen-bond donors (Lipinski definition) is 0. The Bertz CT molecular complexity index is 379. The van der Waals surface area contributed by atoms with Crippen molar-refractivity contribution in [3.05, 3.63) is 29.1 Å². The summed E-state index contributed by atoms with van der Waals surface area (Å²) in [5.41, 5.74) is 4.65. The van der Waals surface area contributed by atoms with Crippen LogP contribution in [0.1, 0.15) is 75.5 Å².